The zero-order valence-electron chi connectivity index (χ0n) is 7.95. The summed E-state index contributed by atoms with van der Waals surface area (Å²) in [5.74, 6) is 1.63. The average Bonchev–Trinajstić information content (AvgIpc) is 2.74. The molecular weight excluding hydrogens is 168 g/mol. The quantitative estimate of drug-likeness (QED) is 0.641. The normalized spacial score (nSPS) is 30.1. The van der Waals surface area contributed by atoms with Gasteiger partial charge in [-0.3, -0.25) is 0 Å². The monoisotopic (exact) mass is 184 g/mol. The minimum Gasteiger partial charge on any atom is -0.383 e. The first-order chi connectivity index (χ1) is 6.31. The van der Waals surface area contributed by atoms with Crippen LogP contribution < -0.4 is 5.32 Å². The third kappa shape index (κ3) is 1.94. The number of nitrogens with one attached hydrogen (secondary N) is 1. The molecule has 1 N–H and O–H groups in total. The van der Waals surface area contributed by atoms with Crippen LogP contribution in [-0.4, -0.2) is 44.3 Å². The largest absolute Gasteiger partial charge is 0.383 e. The fraction of sp³-hybridized carbons (Fsp3) is 0.889. The van der Waals surface area contributed by atoms with Crippen molar-refractivity contribution in [2.24, 2.45) is 11.8 Å². The van der Waals surface area contributed by atoms with E-state index in [1.165, 1.54) is 6.42 Å². The van der Waals surface area contributed by atoms with Crippen LogP contribution in [0.5, 0.6) is 0 Å². The molecule has 2 amide bonds. The van der Waals surface area contributed by atoms with Gasteiger partial charge in [0.25, 0.3) is 0 Å². The number of rotatable bonds is 3. The van der Waals surface area contributed by atoms with Crippen LogP contribution in [0.2, 0.25) is 0 Å². The Labute approximate surface area is 78.2 Å². The second kappa shape index (κ2) is 3.54. The predicted octanol–water partition coefficient (Wildman–Crippen LogP) is 0.294. The Balaban J connectivity index is 1.66. The molecule has 13 heavy (non-hydrogen) atoms. The number of amides is 2. The van der Waals surface area contributed by atoms with E-state index in [9.17, 15) is 4.79 Å². The Morgan fingerprint density at radius 3 is 2.85 bits per heavy atom. The van der Waals surface area contributed by atoms with E-state index in [1.54, 1.807) is 7.11 Å². The Morgan fingerprint density at radius 1 is 1.54 bits per heavy atom. The van der Waals surface area contributed by atoms with Crippen molar-refractivity contribution in [2.75, 3.05) is 33.4 Å². The molecule has 0 spiro atoms. The highest BCUT2D eigenvalue weighted by atomic mass is 16.5. The van der Waals surface area contributed by atoms with Crippen molar-refractivity contribution in [3.63, 3.8) is 0 Å². The van der Waals surface area contributed by atoms with Gasteiger partial charge in [-0.15, -0.1) is 0 Å². The number of hydrogen-bond donors (Lipinski definition) is 1. The van der Waals surface area contributed by atoms with E-state index in [0.29, 0.717) is 13.2 Å². The molecule has 2 aliphatic rings. The van der Waals surface area contributed by atoms with Crippen LogP contribution in [0.4, 0.5) is 4.79 Å². The Hall–Kier alpha value is -0.770. The Bertz CT molecular complexity index is 198. The van der Waals surface area contributed by atoms with Gasteiger partial charge in [-0.05, 0) is 18.3 Å². The molecule has 2 fully saturated rings. The molecule has 74 valence electrons. The summed E-state index contributed by atoms with van der Waals surface area (Å²) in [6.45, 7) is 3.13. The van der Waals surface area contributed by atoms with Crippen molar-refractivity contribution in [1.82, 2.24) is 10.2 Å². The van der Waals surface area contributed by atoms with E-state index < -0.39 is 0 Å². The van der Waals surface area contributed by atoms with Crippen LogP contribution in [0, 0.1) is 11.8 Å². The van der Waals surface area contributed by atoms with Gasteiger partial charge in [0, 0.05) is 26.7 Å². The number of hydrogen-bond acceptors (Lipinski definition) is 2. The lowest BCUT2D eigenvalue weighted by molar-refractivity contribution is 0.182. The molecule has 4 nitrogen and oxygen atoms in total. The first kappa shape index (κ1) is 8.81. The number of urea groups is 1. The lowest BCUT2D eigenvalue weighted by Crippen LogP contribution is -2.40. The summed E-state index contributed by atoms with van der Waals surface area (Å²) in [7, 11) is 1.64. The van der Waals surface area contributed by atoms with Gasteiger partial charge in [0.2, 0.25) is 0 Å². The summed E-state index contributed by atoms with van der Waals surface area (Å²) >= 11 is 0. The topological polar surface area (TPSA) is 41.6 Å². The van der Waals surface area contributed by atoms with Crippen LogP contribution in [0.3, 0.4) is 0 Å². The number of carbonyl (C=O) groups is 1. The highest BCUT2D eigenvalue weighted by molar-refractivity contribution is 5.74. The molecule has 0 aromatic heterocycles. The van der Waals surface area contributed by atoms with Crippen molar-refractivity contribution >= 4 is 6.03 Å². The molecule has 0 aromatic carbocycles. The van der Waals surface area contributed by atoms with Gasteiger partial charge >= 0.3 is 6.03 Å². The van der Waals surface area contributed by atoms with Gasteiger partial charge in [-0.1, -0.05) is 0 Å². The predicted molar refractivity (Wildman–Crippen MR) is 48.4 cm³/mol. The summed E-state index contributed by atoms with van der Waals surface area (Å²) in [5, 5.41) is 2.83. The van der Waals surface area contributed by atoms with Gasteiger partial charge in [0.15, 0.2) is 0 Å². The lowest BCUT2D eigenvalue weighted by Gasteiger charge is -2.18. The van der Waals surface area contributed by atoms with Gasteiger partial charge in [-0.2, -0.15) is 0 Å². The molecule has 2 atom stereocenters. The van der Waals surface area contributed by atoms with Crippen LogP contribution in [-0.2, 0) is 4.74 Å². The van der Waals surface area contributed by atoms with Crippen molar-refractivity contribution in [1.29, 1.82) is 0 Å². The zero-order chi connectivity index (χ0) is 9.26. The van der Waals surface area contributed by atoms with Gasteiger partial charge in [0.05, 0.1) is 6.61 Å². The number of methoxy groups -OCH3 is 1. The molecule has 1 saturated carbocycles. The Kier molecular flexibility index (Phi) is 2.40. The summed E-state index contributed by atoms with van der Waals surface area (Å²) in [5.41, 5.74) is 0. The standard InChI is InChI=1S/C9H16N2O2/c1-13-3-2-10-9(12)11-5-7-4-8(7)6-11/h7-8H,2-6H2,1H3,(H,10,12). The molecule has 0 bridgehead atoms. The summed E-state index contributed by atoms with van der Waals surface area (Å²) in [6.07, 6.45) is 1.34. The molecule has 0 radical (unpaired) electrons. The summed E-state index contributed by atoms with van der Waals surface area (Å²) < 4.78 is 4.85. The number of carbonyl (C=O) groups excluding carboxylic acids is 1. The smallest absolute Gasteiger partial charge is 0.317 e. The van der Waals surface area contributed by atoms with E-state index in [2.05, 4.69) is 5.32 Å². The fourth-order valence-corrected chi connectivity index (χ4v) is 1.94. The maximum Gasteiger partial charge on any atom is 0.317 e. The highest BCUT2D eigenvalue weighted by Crippen LogP contribution is 2.44. The first-order valence-corrected chi connectivity index (χ1v) is 4.83. The van der Waals surface area contributed by atoms with Crippen molar-refractivity contribution in [2.45, 2.75) is 6.42 Å². The Morgan fingerprint density at radius 2 is 2.23 bits per heavy atom. The highest BCUT2D eigenvalue weighted by Gasteiger charge is 2.46. The molecule has 1 saturated heterocycles. The molecule has 0 aromatic rings. The number of ether oxygens (including phenoxy) is 1. The molecular formula is C9H16N2O2. The molecule has 1 aliphatic heterocycles. The molecule has 1 heterocycles. The number of likely N-dealkylation sites (tertiary alicyclic amines) is 1. The minimum absolute atomic E-state index is 0.0734. The second-order valence-corrected chi connectivity index (χ2v) is 3.89. The number of nitrogens with zero attached hydrogens (tertiary/aromatic N) is 1. The van der Waals surface area contributed by atoms with Gasteiger partial charge in [0.1, 0.15) is 0 Å². The molecule has 1 aliphatic carbocycles. The number of fused-ring (bicyclic) bond motifs is 1. The SMILES string of the molecule is COCCNC(=O)N1CC2CC2C1. The van der Waals surface area contributed by atoms with E-state index in [-0.39, 0.29) is 6.03 Å². The number of piperidine rings is 1. The third-order valence-electron chi connectivity index (χ3n) is 2.85. The fourth-order valence-electron chi connectivity index (χ4n) is 1.94. The van der Waals surface area contributed by atoms with E-state index >= 15 is 0 Å². The zero-order valence-corrected chi connectivity index (χ0v) is 7.95. The van der Waals surface area contributed by atoms with Crippen molar-refractivity contribution in [3.8, 4) is 0 Å². The second-order valence-electron chi connectivity index (χ2n) is 3.89. The molecule has 4 heteroatoms. The van der Waals surface area contributed by atoms with E-state index in [0.717, 1.165) is 24.9 Å². The maximum atomic E-state index is 11.4. The maximum absolute atomic E-state index is 11.4. The molecule has 2 rings (SSSR count). The van der Waals surface area contributed by atoms with Crippen LogP contribution in [0.25, 0.3) is 0 Å². The summed E-state index contributed by atoms with van der Waals surface area (Å²) in [6, 6.07) is 0.0734. The lowest BCUT2D eigenvalue weighted by atomic mass is 10.4. The molecule has 2 unspecified atom stereocenters. The van der Waals surface area contributed by atoms with Gasteiger partial charge in [-0.25, -0.2) is 4.79 Å². The minimum atomic E-state index is 0.0734. The van der Waals surface area contributed by atoms with Crippen LogP contribution >= 0.6 is 0 Å². The van der Waals surface area contributed by atoms with Crippen molar-refractivity contribution in [3.05, 3.63) is 0 Å². The van der Waals surface area contributed by atoms with Crippen LogP contribution in [0.15, 0.2) is 0 Å². The van der Waals surface area contributed by atoms with Gasteiger partial charge < -0.3 is 15.0 Å². The third-order valence-corrected chi connectivity index (χ3v) is 2.85. The summed E-state index contributed by atoms with van der Waals surface area (Å²) in [4.78, 5) is 13.4. The van der Waals surface area contributed by atoms with E-state index in [4.69, 9.17) is 4.74 Å². The first-order valence-electron chi connectivity index (χ1n) is 4.83. The van der Waals surface area contributed by atoms with E-state index in [1.807, 2.05) is 4.90 Å². The average molecular weight is 184 g/mol. The van der Waals surface area contributed by atoms with Crippen LogP contribution in [0.1, 0.15) is 6.42 Å². The van der Waals surface area contributed by atoms with Crippen molar-refractivity contribution < 1.29 is 9.53 Å².